The standard InChI is InChI=1S/C18H18ClN3OS/c19-16-4-2-1-3-15(16)17-9-20-6-7-22(17)10-14-12-24-18(21-14)13-5-8-23-11-13/h1-5,8,11-12,17,20H,6-7,9-10H2. The molecule has 0 aliphatic carbocycles. The summed E-state index contributed by atoms with van der Waals surface area (Å²) in [7, 11) is 0. The van der Waals surface area contributed by atoms with Gasteiger partial charge in [-0.1, -0.05) is 29.8 Å². The molecule has 1 aliphatic heterocycles. The van der Waals surface area contributed by atoms with Crippen LogP contribution >= 0.6 is 22.9 Å². The first-order chi connectivity index (χ1) is 11.8. The molecule has 0 amide bonds. The van der Waals surface area contributed by atoms with E-state index >= 15 is 0 Å². The van der Waals surface area contributed by atoms with Crippen molar-refractivity contribution in [2.45, 2.75) is 12.6 Å². The Morgan fingerprint density at radius 3 is 3.08 bits per heavy atom. The second-order valence-corrected chi connectivity index (χ2v) is 7.13. The molecule has 2 aromatic heterocycles. The molecular formula is C18H18ClN3OS. The number of nitrogens with one attached hydrogen (secondary N) is 1. The van der Waals surface area contributed by atoms with Gasteiger partial charge in [-0.2, -0.15) is 0 Å². The van der Waals surface area contributed by atoms with E-state index in [9.17, 15) is 0 Å². The van der Waals surface area contributed by atoms with Gasteiger partial charge in [0.1, 0.15) is 11.3 Å². The lowest BCUT2D eigenvalue weighted by Gasteiger charge is -2.36. The molecule has 1 unspecified atom stereocenters. The molecule has 0 saturated carbocycles. The molecule has 3 heterocycles. The predicted molar refractivity (Wildman–Crippen MR) is 97.3 cm³/mol. The summed E-state index contributed by atoms with van der Waals surface area (Å²) in [6, 6.07) is 10.3. The van der Waals surface area contributed by atoms with E-state index in [-0.39, 0.29) is 6.04 Å². The molecule has 1 saturated heterocycles. The average molecular weight is 360 g/mol. The first kappa shape index (κ1) is 15.8. The second-order valence-electron chi connectivity index (χ2n) is 5.87. The number of halogens is 1. The maximum atomic E-state index is 6.42. The molecule has 1 aliphatic rings. The van der Waals surface area contributed by atoms with E-state index in [0.29, 0.717) is 0 Å². The van der Waals surface area contributed by atoms with Gasteiger partial charge in [-0.25, -0.2) is 4.98 Å². The van der Waals surface area contributed by atoms with Gasteiger partial charge < -0.3 is 9.73 Å². The summed E-state index contributed by atoms with van der Waals surface area (Å²) in [5.41, 5.74) is 3.31. The number of thiazole rings is 1. The number of hydrogen-bond acceptors (Lipinski definition) is 5. The van der Waals surface area contributed by atoms with E-state index in [4.69, 9.17) is 21.0 Å². The van der Waals surface area contributed by atoms with Crippen LogP contribution in [0.3, 0.4) is 0 Å². The van der Waals surface area contributed by atoms with Crippen molar-refractivity contribution < 1.29 is 4.42 Å². The first-order valence-electron chi connectivity index (χ1n) is 7.97. The van der Waals surface area contributed by atoms with Crippen molar-refractivity contribution in [2.24, 2.45) is 0 Å². The van der Waals surface area contributed by atoms with Crippen LogP contribution in [0.2, 0.25) is 5.02 Å². The molecular weight excluding hydrogens is 342 g/mol. The third kappa shape index (κ3) is 3.26. The summed E-state index contributed by atoms with van der Waals surface area (Å²) >= 11 is 8.08. The normalized spacial score (nSPS) is 18.8. The Morgan fingerprint density at radius 1 is 1.33 bits per heavy atom. The highest BCUT2D eigenvalue weighted by molar-refractivity contribution is 7.13. The van der Waals surface area contributed by atoms with Crippen molar-refractivity contribution >= 4 is 22.9 Å². The topological polar surface area (TPSA) is 41.3 Å². The summed E-state index contributed by atoms with van der Waals surface area (Å²) in [6.07, 6.45) is 3.42. The predicted octanol–water partition coefficient (Wildman–Crippen LogP) is 4.20. The van der Waals surface area contributed by atoms with Crippen molar-refractivity contribution in [2.75, 3.05) is 19.6 Å². The Labute approximate surface area is 150 Å². The van der Waals surface area contributed by atoms with Crippen molar-refractivity contribution in [1.82, 2.24) is 15.2 Å². The summed E-state index contributed by atoms with van der Waals surface area (Å²) < 4.78 is 5.15. The number of hydrogen-bond donors (Lipinski definition) is 1. The molecule has 4 rings (SSSR count). The van der Waals surface area contributed by atoms with E-state index in [0.717, 1.165) is 47.5 Å². The molecule has 0 radical (unpaired) electrons. The van der Waals surface area contributed by atoms with Crippen molar-refractivity contribution in [3.05, 3.63) is 64.5 Å². The molecule has 3 aromatic rings. The zero-order valence-corrected chi connectivity index (χ0v) is 14.7. The Balaban J connectivity index is 1.55. The molecule has 1 N–H and O–H groups in total. The SMILES string of the molecule is Clc1ccccc1C1CNCCN1Cc1csc(-c2ccoc2)n1. The van der Waals surface area contributed by atoms with E-state index < -0.39 is 0 Å². The zero-order valence-electron chi connectivity index (χ0n) is 13.1. The van der Waals surface area contributed by atoms with Crippen molar-refractivity contribution in [3.63, 3.8) is 0 Å². The molecule has 4 nitrogen and oxygen atoms in total. The second kappa shape index (κ2) is 7.07. The number of furan rings is 1. The zero-order chi connectivity index (χ0) is 16.4. The fraction of sp³-hybridized carbons (Fsp3) is 0.278. The van der Waals surface area contributed by atoms with Crippen molar-refractivity contribution in [1.29, 1.82) is 0 Å². The van der Waals surface area contributed by atoms with Crippen LogP contribution in [0.4, 0.5) is 0 Å². The van der Waals surface area contributed by atoms with Crippen LogP contribution in [0.15, 0.2) is 52.7 Å². The fourth-order valence-corrected chi connectivity index (χ4v) is 4.15. The maximum absolute atomic E-state index is 6.42. The third-order valence-electron chi connectivity index (χ3n) is 4.30. The smallest absolute Gasteiger partial charge is 0.126 e. The molecule has 1 fully saturated rings. The largest absolute Gasteiger partial charge is 0.472 e. The van der Waals surface area contributed by atoms with E-state index in [1.807, 2.05) is 24.3 Å². The van der Waals surface area contributed by atoms with Gasteiger partial charge in [-0.05, 0) is 17.7 Å². The summed E-state index contributed by atoms with van der Waals surface area (Å²) in [5, 5.41) is 7.44. The minimum absolute atomic E-state index is 0.270. The van der Waals surface area contributed by atoms with Crippen LogP contribution in [0, 0.1) is 0 Å². The van der Waals surface area contributed by atoms with E-state index in [1.54, 1.807) is 23.9 Å². The number of rotatable bonds is 4. The maximum Gasteiger partial charge on any atom is 0.126 e. The van der Waals surface area contributed by atoms with Crippen molar-refractivity contribution in [3.8, 4) is 10.6 Å². The summed E-state index contributed by atoms with van der Waals surface area (Å²) in [4.78, 5) is 7.21. The Hall–Kier alpha value is -1.66. The van der Waals surface area contributed by atoms with Crippen LogP contribution < -0.4 is 5.32 Å². The fourth-order valence-electron chi connectivity index (χ4n) is 3.09. The lowest BCUT2D eigenvalue weighted by Crippen LogP contribution is -2.45. The number of piperazine rings is 1. The molecule has 24 heavy (non-hydrogen) atoms. The number of benzene rings is 1. The van der Waals surface area contributed by atoms with Crippen LogP contribution in [0.5, 0.6) is 0 Å². The Kier molecular flexibility index (Phi) is 4.67. The van der Waals surface area contributed by atoms with Crippen LogP contribution in [-0.4, -0.2) is 29.5 Å². The average Bonchev–Trinajstić information content (AvgIpc) is 3.27. The summed E-state index contributed by atoms with van der Waals surface area (Å²) in [5.74, 6) is 0. The highest BCUT2D eigenvalue weighted by atomic mass is 35.5. The molecule has 6 heteroatoms. The van der Waals surface area contributed by atoms with E-state index in [2.05, 4.69) is 21.7 Å². The van der Waals surface area contributed by atoms with Crippen LogP contribution in [0.25, 0.3) is 10.6 Å². The van der Waals surface area contributed by atoms with Crippen LogP contribution in [-0.2, 0) is 6.54 Å². The lowest BCUT2D eigenvalue weighted by atomic mass is 10.0. The summed E-state index contributed by atoms with van der Waals surface area (Å²) in [6.45, 7) is 3.70. The molecule has 124 valence electrons. The van der Waals surface area contributed by atoms with Gasteiger partial charge in [0.25, 0.3) is 0 Å². The van der Waals surface area contributed by atoms with Gasteiger partial charge in [0.2, 0.25) is 0 Å². The molecule has 0 bridgehead atoms. The monoisotopic (exact) mass is 359 g/mol. The minimum atomic E-state index is 0.270. The quantitative estimate of drug-likeness (QED) is 0.757. The number of nitrogens with zero attached hydrogens (tertiary/aromatic N) is 2. The molecule has 1 atom stereocenters. The van der Waals surface area contributed by atoms with Gasteiger partial charge in [0.15, 0.2) is 0 Å². The van der Waals surface area contributed by atoms with Gasteiger partial charge in [-0.3, -0.25) is 4.90 Å². The lowest BCUT2D eigenvalue weighted by molar-refractivity contribution is 0.152. The molecule has 0 spiro atoms. The van der Waals surface area contributed by atoms with Gasteiger partial charge in [0, 0.05) is 48.2 Å². The van der Waals surface area contributed by atoms with Crippen LogP contribution in [0.1, 0.15) is 17.3 Å². The first-order valence-corrected chi connectivity index (χ1v) is 9.23. The highest BCUT2D eigenvalue weighted by Gasteiger charge is 2.26. The minimum Gasteiger partial charge on any atom is -0.472 e. The number of aromatic nitrogens is 1. The third-order valence-corrected chi connectivity index (χ3v) is 5.59. The molecule has 1 aromatic carbocycles. The van der Waals surface area contributed by atoms with Gasteiger partial charge >= 0.3 is 0 Å². The van der Waals surface area contributed by atoms with E-state index in [1.165, 1.54) is 5.56 Å². The van der Waals surface area contributed by atoms with Gasteiger partial charge in [-0.15, -0.1) is 11.3 Å². The Morgan fingerprint density at radius 2 is 2.25 bits per heavy atom. The highest BCUT2D eigenvalue weighted by Crippen LogP contribution is 2.31. The Bertz CT molecular complexity index is 802. The van der Waals surface area contributed by atoms with Gasteiger partial charge in [0.05, 0.1) is 12.0 Å².